The number of methoxy groups -OCH3 is 1. The molecule has 0 aromatic carbocycles. The molecule has 0 aromatic rings. The molecule has 19 heavy (non-hydrogen) atoms. The number of urea groups is 1. The third kappa shape index (κ3) is 5.46. The predicted molar refractivity (Wildman–Crippen MR) is 71.0 cm³/mol. The highest BCUT2D eigenvalue weighted by atomic mass is 16.5. The summed E-state index contributed by atoms with van der Waals surface area (Å²) in [5.41, 5.74) is 0. The Balaban J connectivity index is 2.48. The van der Waals surface area contributed by atoms with Crippen LogP contribution in [0.25, 0.3) is 0 Å². The summed E-state index contributed by atoms with van der Waals surface area (Å²) in [6.07, 6.45) is 4.96. The third-order valence-corrected chi connectivity index (χ3v) is 3.47. The Kier molecular flexibility index (Phi) is 6.62. The van der Waals surface area contributed by atoms with Crippen LogP contribution in [0.2, 0.25) is 0 Å². The Labute approximate surface area is 113 Å². The molecule has 0 heterocycles. The molecule has 0 bridgehead atoms. The highest BCUT2D eigenvalue weighted by molar-refractivity contribution is 5.82. The van der Waals surface area contributed by atoms with E-state index in [-0.39, 0.29) is 12.0 Å². The Morgan fingerprint density at radius 1 is 1.26 bits per heavy atom. The average Bonchev–Trinajstić information content (AvgIpc) is 2.37. The smallest absolute Gasteiger partial charge is 0.326 e. The van der Waals surface area contributed by atoms with Crippen LogP contribution in [0, 0.1) is 5.92 Å². The lowest BCUT2D eigenvalue weighted by molar-refractivity contribution is -0.141. The Morgan fingerprint density at radius 2 is 1.89 bits per heavy atom. The van der Waals surface area contributed by atoms with Gasteiger partial charge in [0.2, 0.25) is 0 Å². The van der Waals surface area contributed by atoms with E-state index >= 15 is 0 Å². The fraction of sp³-hybridized carbons (Fsp3) is 0.846. The number of carbonyl (C=O) groups is 2. The second-order valence-corrected chi connectivity index (χ2v) is 5.19. The van der Waals surface area contributed by atoms with Crippen LogP contribution in [0.5, 0.6) is 0 Å². The molecule has 0 aromatic heterocycles. The van der Waals surface area contributed by atoms with Crippen LogP contribution in [0.3, 0.4) is 0 Å². The number of carboxylic acids is 1. The highest BCUT2D eigenvalue weighted by Crippen LogP contribution is 2.26. The first-order valence-electron chi connectivity index (χ1n) is 6.83. The highest BCUT2D eigenvalue weighted by Gasteiger charge is 2.30. The third-order valence-electron chi connectivity index (χ3n) is 3.47. The van der Waals surface area contributed by atoms with Gasteiger partial charge in [-0.25, -0.2) is 9.59 Å². The molecule has 6 nitrogen and oxygen atoms in total. The van der Waals surface area contributed by atoms with Crippen LogP contribution >= 0.6 is 0 Å². The standard InChI is InChI=1S/C13H24N2O4/c1-9(8-19-2)14-13(18)15-11(12(16)17)10-6-4-3-5-7-10/h9-11H,3-8H2,1-2H3,(H,16,17)(H2,14,15,18). The van der Waals surface area contributed by atoms with Gasteiger partial charge in [0.15, 0.2) is 0 Å². The molecule has 1 aliphatic rings. The van der Waals surface area contributed by atoms with E-state index in [0.29, 0.717) is 6.61 Å². The summed E-state index contributed by atoms with van der Waals surface area (Å²) < 4.78 is 4.91. The van der Waals surface area contributed by atoms with E-state index in [1.807, 2.05) is 0 Å². The van der Waals surface area contributed by atoms with Crippen molar-refractivity contribution in [1.82, 2.24) is 10.6 Å². The van der Waals surface area contributed by atoms with Crippen molar-refractivity contribution in [3.63, 3.8) is 0 Å². The van der Waals surface area contributed by atoms with Crippen molar-refractivity contribution >= 4 is 12.0 Å². The summed E-state index contributed by atoms with van der Waals surface area (Å²) in [5.74, 6) is -0.920. The van der Waals surface area contributed by atoms with Gasteiger partial charge in [0.25, 0.3) is 0 Å². The number of hydrogen-bond donors (Lipinski definition) is 3. The maximum atomic E-state index is 11.7. The fourth-order valence-electron chi connectivity index (χ4n) is 2.55. The van der Waals surface area contributed by atoms with Crippen LogP contribution in [0.15, 0.2) is 0 Å². The fourth-order valence-corrected chi connectivity index (χ4v) is 2.55. The topological polar surface area (TPSA) is 87.7 Å². The van der Waals surface area contributed by atoms with Crippen LogP contribution < -0.4 is 10.6 Å². The van der Waals surface area contributed by atoms with Crippen LogP contribution in [0.1, 0.15) is 39.0 Å². The van der Waals surface area contributed by atoms with Gasteiger partial charge in [-0.3, -0.25) is 0 Å². The van der Waals surface area contributed by atoms with Gasteiger partial charge in [0.05, 0.1) is 12.6 Å². The Bertz CT molecular complexity index is 303. The quantitative estimate of drug-likeness (QED) is 0.681. The van der Waals surface area contributed by atoms with Crippen LogP contribution in [-0.2, 0) is 9.53 Å². The zero-order chi connectivity index (χ0) is 14.3. The number of nitrogens with one attached hydrogen (secondary N) is 2. The van der Waals surface area contributed by atoms with Crippen LogP contribution in [-0.4, -0.2) is 42.9 Å². The number of carbonyl (C=O) groups excluding carboxylic acids is 1. The average molecular weight is 272 g/mol. The molecule has 1 fully saturated rings. The molecule has 1 saturated carbocycles. The van der Waals surface area contributed by atoms with E-state index in [9.17, 15) is 14.7 Å². The molecular formula is C13H24N2O4. The van der Waals surface area contributed by atoms with Gasteiger partial charge in [-0.1, -0.05) is 19.3 Å². The van der Waals surface area contributed by atoms with Gasteiger partial charge in [-0.2, -0.15) is 0 Å². The molecule has 3 N–H and O–H groups in total. The zero-order valence-electron chi connectivity index (χ0n) is 11.6. The molecule has 1 aliphatic carbocycles. The molecule has 2 unspecified atom stereocenters. The number of hydrogen-bond acceptors (Lipinski definition) is 3. The van der Waals surface area contributed by atoms with Gasteiger partial charge in [0.1, 0.15) is 6.04 Å². The van der Waals surface area contributed by atoms with Crippen molar-refractivity contribution in [3.05, 3.63) is 0 Å². The molecule has 0 aliphatic heterocycles. The molecular weight excluding hydrogens is 248 g/mol. The lowest BCUT2D eigenvalue weighted by Gasteiger charge is -2.28. The maximum absolute atomic E-state index is 11.7. The lowest BCUT2D eigenvalue weighted by atomic mass is 9.84. The zero-order valence-corrected chi connectivity index (χ0v) is 11.6. The van der Waals surface area contributed by atoms with Gasteiger partial charge in [-0.15, -0.1) is 0 Å². The largest absolute Gasteiger partial charge is 0.480 e. The molecule has 0 saturated heterocycles. The summed E-state index contributed by atoms with van der Waals surface area (Å²) in [5, 5.41) is 14.5. The summed E-state index contributed by atoms with van der Waals surface area (Å²) in [6, 6.07) is -1.39. The van der Waals surface area contributed by atoms with E-state index < -0.39 is 18.0 Å². The molecule has 6 heteroatoms. The van der Waals surface area contributed by atoms with E-state index in [1.165, 1.54) is 0 Å². The minimum absolute atomic E-state index is 0.0368. The van der Waals surface area contributed by atoms with Crippen molar-refractivity contribution in [1.29, 1.82) is 0 Å². The summed E-state index contributed by atoms with van der Waals surface area (Å²) >= 11 is 0. The minimum atomic E-state index is -0.957. The van der Waals surface area contributed by atoms with Crippen molar-refractivity contribution in [2.24, 2.45) is 5.92 Å². The van der Waals surface area contributed by atoms with Gasteiger partial charge in [-0.05, 0) is 25.7 Å². The first kappa shape index (κ1) is 15.8. The second-order valence-electron chi connectivity index (χ2n) is 5.19. The van der Waals surface area contributed by atoms with E-state index in [2.05, 4.69) is 10.6 Å². The maximum Gasteiger partial charge on any atom is 0.326 e. The molecule has 0 radical (unpaired) electrons. The molecule has 2 atom stereocenters. The predicted octanol–water partition coefficient (Wildman–Crippen LogP) is 1.35. The van der Waals surface area contributed by atoms with Crippen molar-refractivity contribution in [2.75, 3.05) is 13.7 Å². The molecule has 2 amide bonds. The number of carboxylic acid groups (broad SMARTS) is 1. The van der Waals surface area contributed by atoms with E-state index in [0.717, 1.165) is 32.1 Å². The normalized spacial score (nSPS) is 19.5. The van der Waals surface area contributed by atoms with E-state index in [1.54, 1.807) is 14.0 Å². The number of ether oxygens (including phenoxy) is 1. The first-order valence-corrected chi connectivity index (χ1v) is 6.83. The van der Waals surface area contributed by atoms with Crippen LogP contribution in [0.4, 0.5) is 4.79 Å². The molecule has 1 rings (SSSR count). The molecule has 0 spiro atoms. The summed E-state index contributed by atoms with van der Waals surface area (Å²) in [7, 11) is 1.55. The monoisotopic (exact) mass is 272 g/mol. The minimum Gasteiger partial charge on any atom is -0.480 e. The van der Waals surface area contributed by atoms with E-state index in [4.69, 9.17) is 4.74 Å². The Morgan fingerprint density at radius 3 is 2.42 bits per heavy atom. The molecule has 110 valence electrons. The second kappa shape index (κ2) is 7.99. The SMILES string of the molecule is COCC(C)NC(=O)NC(C(=O)O)C1CCCCC1. The first-order chi connectivity index (χ1) is 9.04. The number of amides is 2. The van der Waals surface area contributed by atoms with Crippen molar-refractivity contribution in [2.45, 2.75) is 51.1 Å². The Hall–Kier alpha value is -1.30. The van der Waals surface area contributed by atoms with Gasteiger partial charge >= 0.3 is 12.0 Å². The lowest BCUT2D eigenvalue weighted by Crippen LogP contribution is -2.52. The summed E-state index contributed by atoms with van der Waals surface area (Å²) in [4.78, 5) is 23.0. The summed E-state index contributed by atoms with van der Waals surface area (Å²) in [6.45, 7) is 2.20. The van der Waals surface area contributed by atoms with Crippen molar-refractivity contribution in [3.8, 4) is 0 Å². The van der Waals surface area contributed by atoms with Gasteiger partial charge in [0, 0.05) is 7.11 Å². The number of aliphatic carboxylic acids is 1. The van der Waals surface area contributed by atoms with Crippen molar-refractivity contribution < 1.29 is 19.4 Å². The van der Waals surface area contributed by atoms with Gasteiger partial charge < -0.3 is 20.5 Å². The number of rotatable bonds is 6.